The summed E-state index contributed by atoms with van der Waals surface area (Å²) in [6.07, 6.45) is 0. The standard InChI is InChI=1S/C24H27N3O3/c1-15(2)19-11-8-17(4)14-21(19)30-23-20(12-13-22(27-23)29-5)26-24(28)25-18-9-6-16(3)7-10-18/h6-15H,1-5H3,(H2,25,26,28). The Morgan fingerprint density at radius 2 is 1.63 bits per heavy atom. The molecular formula is C24H27N3O3. The van der Waals surface area contributed by atoms with Gasteiger partial charge in [-0.3, -0.25) is 0 Å². The highest BCUT2D eigenvalue weighted by molar-refractivity contribution is 6.00. The maximum absolute atomic E-state index is 12.5. The van der Waals surface area contributed by atoms with Crippen molar-refractivity contribution in [3.63, 3.8) is 0 Å². The number of aryl methyl sites for hydroxylation is 2. The molecule has 3 aromatic rings. The number of carbonyl (C=O) groups is 1. The third-order valence-corrected chi connectivity index (χ3v) is 4.60. The van der Waals surface area contributed by atoms with Crippen LogP contribution in [-0.2, 0) is 0 Å². The Hall–Kier alpha value is -3.54. The van der Waals surface area contributed by atoms with Crippen LogP contribution in [0.25, 0.3) is 0 Å². The lowest BCUT2D eigenvalue weighted by molar-refractivity contribution is 0.262. The molecule has 0 atom stereocenters. The molecule has 156 valence electrons. The van der Waals surface area contributed by atoms with Gasteiger partial charge in [0.15, 0.2) is 0 Å². The maximum atomic E-state index is 12.5. The number of pyridine rings is 1. The number of amides is 2. The SMILES string of the molecule is COc1ccc(NC(=O)Nc2ccc(C)cc2)c(Oc2cc(C)ccc2C(C)C)n1. The number of methoxy groups -OCH3 is 1. The molecule has 0 aliphatic carbocycles. The van der Waals surface area contributed by atoms with E-state index in [2.05, 4.69) is 35.5 Å². The van der Waals surface area contributed by atoms with Crippen molar-refractivity contribution < 1.29 is 14.3 Å². The first-order valence-corrected chi connectivity index (χ1v) is 9.84. The van der Waals surface area contributed by atoms with E-state index in [0.717, 1.165) is 16.7 Å². The van der Waals surface area contributed by atoms with Gasteiger partial charge >= 0.3 is 6.03 Å². The topological polar surface area (TPSA) is 72.5 Å². The molecule has 0 fully saturated rings. The summed E-state index contributed by atoms with van der Waals surface area (Å²) in [5.41, 5.74) is 4.39. The molecule has 30 heavy (non-hydrogen) atoms. The van der Waals surface area contributed by atoms with E-state index in [0.29, 0.717) is 23.0 Å². The number of carbonyl (C=O) groups excluding carboxylic acids is 1. The average molecular weight is 405 g/mol. The number of ether oxygens (including phenoxy) is 2. The van der Waals surface area contributed by atoms with Crippen LogP contribution in [0.1, 0.15) is 36.5 Å². The number of nitrogens with one attached hydrogen (secondary N) is 2. The van der Waals surface area contributed by atoms with E-state index in [-0.39, 0.29) is 17.8 Å². The molecule has 0 saturated heterocycles. The predicted octanol–water partition coefficient (Wildman–Crippen LogP) is 6.27. The van der Waals surface area contributed by atoms with Crippen LogP contribution in [0, 0.1) is 13.8 Å². The predicted molar refractivity (Wildman–Crippen MR) is 120 cm³/mol. The lowest BCUT2D eigenvalue weighted by atomic mass is 10.0. The van der Waals surface area contributed by atoms with Gasteiger partial charge in [0, 0.05) is 11.8 Å². The van der Waals surface area contributed by atoms with Crippen LogP contribution < -0.4 is 20.1 Å². The second-order valence-corrected chi connectivity index (χ2v) is 7.45. The number of anilines is 2. The molecule has 2 aromatic carbocycles. The summed E-state index contributed by atoms with van der Waals surface area (Å²) in [4.78, 5) is 16.9. The first kappa shape index (κ1) is 21.2. The van der Waals surface area contributed by atoms with Crippen molar-refractivity contribution in [2.75, 3.05) is 17.7 Å². The molecule has 2 amide bonds. The lowest BCUT2D eigenvalue weighted by Gasteiger charge is -2.17. The monoisotopic (exact) mass is 405 g/mol. The largest absolute Gasteiger partial charge is 0.481 e. The zero-order valence-electron chi connectivity index (χ0n) is 17.9. The zero-order valence-corrected chi connectivity index (χ0v) is 17.9. The van der Waals surface area contributed by atoms with Crippen LogP contribution in [0.3, 0.4) is 0 Å². The highest BCUT2D eigenvalue weighted by Crippen LogP contribution is 2.35. The summed E-state index contributed by atoms with van der Waals surface area (Å²) in [5.74, 6) is 1.63. The van der Waals surface area contributed by atoms with Crippen molar-refractivity contribution in [3.8, 4) is 17.5 Å². The van der Waals surface area contributed by atoms with Crippen molar-refractivity contribution in [2.45, 2.75) is 33.6 Å². The molecule has 0 radical (unpaired) electrons. The van der Waals surface area contributed by atoms with Crippen molar-refractivity contribution >= 4 is 17.4 Å². The fourth-order valence-corrected chi connectivity index (χ4v) is 2.94. The Morgan fingerprint density at radius 1 is 0.933 bits per heavy atom. The van der Waals surface area contributed by atoms with E-state index in [9.17, 15) is 4.79 Å². The quantitative estimate of drug-likeness (QED) is 0.507. The number of urea groups is 1. The molecule has 2 N–H and O–H groups in total. The first-order valence-electron chi connectivity index (χ1n) is 9.84. The zero-order chi connectivity index (χ0) is 21.7. The number of benzene rings is 2. The second kappa shape index (κ2) is 9.31. The minimum Gasteiger partial charge on any atom is -0.481 e. The Balaban J connectivity index is 1.87. The van der Waals surface area contributed by atoms with Gasteiger partial charge in [-0.15, -0.1) is 0 Å². The summed E-state index contributed by atoms with van der Waals surface area (Å²) < 4.78 is 11.4. The summed E-state index contributed by atoms with van der Waals surface area (Å²) in [6.45, 7) is 8.20. The molecule has 0 aliphatic rings. The van der Waals surface area contributed by atoms with E-state index < -0.39 is 0 Å². The molecule has 0 unspecified atom stereocenters. The maximum Gasteiger partial charge on any atom is 0.323 e. The Morgan fingerprint density at radius 3 is 2.30 bits per heavy atom. The van der Waals surface area contributed by atoms with Gasteiger partial charge in [0.1, 0.15) is 11.4 Å². The van der Waals surface area contributed by atoms with E-state index in [4.69, 9.17) is 9.47 Å². The molecule has 3 rings (SSSR count). The smallest absolute Gasteiger partial charge is 0.323 e. The fourth-order valence-electron chi connectivity index (χ4n) is 2.94. The third-order valence-electron chi connectivity index (χ3n) is 4.60. The van der Waals surface area contributed by atoms with Gasteiger partial charge in [-0.1, -0.05) is 43.7 Å². The van der Waals surface area contributed by atoms with Crippen LogP contribution in [0.4, 0.5) is 16.2 Å². The van der Waals surface area contributed by atoms with Crippen molar-refractivity contribution in [1.29, 1.82) is 0 Å². The van der Waals surface area contributed by atoms with Crippen LogP contribution in [0.2, 0.25) is 0 Å². The van der Waals surface area contributed by atoms with Crippen molar-refractivity contribution in [2.24, 2.45) is 0 Å². The first-order chi connectivity index (χ1) is 14.4. The number of hydrogen-bond acceptors (Lipinski definition) is 4. The summed E-state index contributed by atoms with van der Waals surface area (Å²) in [5, 5.41) is 5.63. The van der Waals surface area contributed by atoms with Crippen LogP contribution in [-0.4, -0.2) is 18.1 Å². The molecule has 0 spiro atoms. The Bertz CT molecular complexity index is 1030. The van der Waals surface area contributed by atoms with Gasteiger partial charge in [0.2, 0.25) is 11.8 Å². The van der Waals surface area contributed by atoms with Crippen molar-refractivity contribution in [1.82, 2.24) is 4.98 Å². The molecule has 0 bridgehead atoms. The molecule has 1 aromatic heterocycles. The van der Waals surface area contributed by atoms with Gasteiger partial charge in [0.25, 0.3) is 0 Å². The van der Waals surface area contributed by atoms with E-state index in [1.165, 1.54) is 7.11 Å². The van der Waals surface area contributed by atoms with Crippen molar-refractivity contribution in [3.05, 3.63) is 71.3 Å². The second-order valence-electron chi connectivity index (χ2n) is 7.45. The van der Waals surface area contributed by atoms with E-state index >= 15 is 0 Å². The molecule has 0 aliphatic heterocycles. The number of rotatable bonds is 6. The number of aromatic nitrogens is 1. The minimum atomic E-state index is -0.385. The van der Waals surface area contributed by atoms with E-state index in [1.807, 2.05) is 50.2 Å². The van der Waals surface area contributed by atoms with E-state index in [1.54, 1.807) is 12.1 Å². The van der Waals surface area contributed by atoms with Crippen LogP contribution in [0.15, 0.2) is 54.6 Å². The van der Waals surface area contributed by atoms with Gasteiger partial charge < -0.3 is 20.1 Å². The molecule has 0 saturated carbocycles. The molecule has 1 heterocycles. The molecule has 6 nitrogen and oxygen atoms in total. The highest BCUT2D eigenvalue weighted by atomic mass is 16.5. The summed E-state index contributed by atoms with van der Waals surface area (Å²) in [6, 6.07) is 16.6. The van der Waals surface area contributed by atoms with Crippen LogP contribution >= 0.6 is 0 Å². The van der Waals surface area contributed by atoms with Crippen LogP contribution in [0.5, 0.6) is 17.5 Å². The Labute approximate surface area is 177 Å². The Kier molecular flexibility index (Phi) is 6.57. The third kappa shape index (κ3) is 5.29. The minimum absolute atomic E-state index is 0.265. The van der Waals surface area contributed by atoms with Gasteiger partial charge in [0.05, 0.1) is 7.11 Å². The molecular weight excluding hydrogens is 378 g/mol. The fraction of sp³-hybridized carbons (Fsp3) is 0.250. The average Bonchev–Trinajstić information content (AvgIpc) is 2.71. The summed E-state index contributed by atoms with van der Waals surface area (Å²) >= 11 is 0. The normalized spacial score (nSPS) is 10.6. The molecule has 6 heteroatoms. The van der Waals surface area contributed by atoms with Gasteiger partial charge in [-0.05, 0) is 55.2 Å². The van der Waals surface area contributed by atoms with Gasteiger partial charge in [-0.25, -0.2) is 4.79 Å². The number of nitrogens with zero attached hydrogens (tertiary/aromatic N) is 1. The highest BCUT2D eigenvalue weighted by Gasteiger charge is 2.16. The number of hydrogen-bond donors (Lipinski definition) is 2. The summed E-state index contributed by atoms with van der Waals surface area (Å²) in [7, 11) is 1.54. The lowest BCUT2D eigenvalue weighted by Crippen LogP contribution is -2.20. The van der Waals surface area contributed by atoms with Gasteiger partial charge in [-0.2, -0.15) is 4.98 Å².